The van der Waals surface area contributed by atoms with Gasteiger partial charge in [0.2, 0.25) is 5.91 Å². The van der Waals surface area contributed by atoms with Gasteiger partial charge in [0, 0.05) is 30.0 Å². The number of anilines is 1. The Kier molecular flexibility index (Phi) is 6.24. The average molecular weight is 410 g/mol. The Labute approximate surface area is 174 Å². The molecule has 0 spiro atoms. The number of hydrogen-bond donors (Lipinski definition) is 2. The summed E-state index contributed by atoms with van der Waals surface area (Å²) >= 11 is 0. The summed E-state index contributed by atoms with van der Waals surface area (Å²) in [7, 11) is 0. The van der Waals surface area contributed by atoms with Gasteiger partial charge in [-0.15, -0.1) is 10.2 Å². The fourth-order valence-electron chi connectivity index (χ4n) is 2.87. The number of nitrogens with zero attached hydrogens (tertiary/aromatic N) is 6. The second kappa shape index (κ2) is 8.85. The smallest absolute Gasteiger partial charge is 0.256 e. The molecule has 2 N–H and O–H groups in total. The molecule has 0 aliphatic carbocycles. The Morgan fingerprint density at radius 3 is 2.40 bits per heavy atom. The van der Waals surface area contributed by atoms with Gasteiger partial charge in [-0.3, -0.25) is 14.2 Å². The third kappa shape index (κ3) is 4.53. The van der Waals surface area contributed by atoms with Crippen LogP contribution in [0.2, 0.25) is 0 Å². The topological polar surface area (TPSA) is 120 Å². The van der Waals surface area contributed by atoms with Crippen molar-refractivity contribution < 1.29 is 4.79 Å². The fourth-order valence-corrected chi connectivity index (χ4v) is 2.87. The van der Waals surface area contributed by atoms with E-state index in [4.69, 9.17) is 0 Å². The van der Waals surface area contributed by atoms with Crippen molar-refractivity contribution in [1.29, 1.82) is 0 Å². The molecule has 0 fully saturated rings. The zero-order valence-corrected chi connectivity index (χ0v) is 17.9. The van der Waals surface area contributed by atoms with Crippen LogP contribution in [0.3, 0.4) is 0 Å². The SMILES string of the molecule is Cc1nn(-c2ccc(NCCNC(=O)Cn3cnc(C)c(C)c3=O)nn2)c(C)c1C. The summed E-state index contributed by atoms with van der Waals surface area (Å²) in [5.41, 5.74) is 4.14. The van der Waals surface area contributed by atoms with Crippen LogP contribution in [0, 0.1) is 34.6 Å². The Morgan fingerprint density at radius 2 is 1.77 bits per heavy atom. The van der Waals surface area contributed by atoms with Crippen LogP contribution in [0.5, 0.6) is 0 Å². The van der Waals surface area contributed by atoms with Crippen LogP contribution >= 0.6 is 0 Å². The first-order chi connectivity index (χ1) is 14.3. The van der Waals surface area contributed by atoms with Gasteiger partial charge in [0.1, 0.15) is 12.4 Å². The molecular formula is C20H26N8O2. The van der Waals surface area contributed by atoms with Gasteiger partial charge >= 0.3 is 0 Å². The molecule has 10 heteroatoms. The normalized spacial score (nSPS) is 10.8. The molecule has 0 radical (unpaired) electrons. The quantitative estimate of drug-likeness (QED) is 0.557. The standard InChI is InChI=1S/C20H26N8O2/c1-12-15(4)26-28(16(12)5)18-7-6-17(24-25-18)21-8-9-22-19(29)10-27-11-23-14(3)13(2)20(27)30/h6-7,11H,8-10H2,1-5H3,(H,21,24)(H,22,29). The van der Waals surface area contributed by atoms with Crippen LogP contribution in [0.1, 0.15) is 28.2 Å². The molecule has 3 aromatic rings. The molecule has 0 unspecified atom stereocenters. The third-order valence-electron chi connectivity index (χ3n) is 5.10. The second-order valence-corrected chi connectivity index (χ2v) is 7.15. The minimum Gasteiger partial charge on any atom is -0.367 e. The lowest BCUT2D eigenvalue weighted by atomic mass is 10.2. The Morgan fingerprint density at radius 1 is 1.00 bits per heavy atom. The van der Waals surface area contributed by atoms with Crippen molar-refractivity contribution in [2.75, 3.05) is 18.4 Å². The van der Waals surface area contributed by atoms with Crippen LogP contribution in [0.25, 0.3) is 5.82 Å². The molecule has 0 bridgehead atoms. The van der Waals surface area contributed by atoms with E-state index in [-0.39, 0.29) is 18.0 Å². The number of amides is 1. The average Bonchev–Trinajstić information content (AvgIpc) is 2.99. The Hall–Kier alpha value is -3.56. The van der Waals surface area contributed by atoms with E-state index in [2.05, 4.69) is 30.9 Å². The molecule has 1 amide bonds. The van der Waals surface area contributed by atoms with Gasteiger partial charge in [-0.05, 0) is 52.3 Å². The zero-order chi connectivity index (χ0) is 21.8. The molecule has 3 aromatic heterocycles. The maximum Gasteiger partial charge on any atom is 0.256 e. The first-order valence-electron chi connectivity index (χ1n) is 9.68. The van der Waals surface area contributed by atoms with E-state index >= 15 is 0 Å². The van der Waals surface area contributed by atoms with Gasteiger partial charge in [-0.2, -0.15) is 5.10 Å². The third-order valence-corrected chi connectivity index (χ3v) is 5.10. The number of hydrogen-bond acceptors (Lipinski definition) is 7. The lowest BCUT2D eigenvalue weighted by Crippen LogP contribution is -2.35. The van der Waals surface area contributed by atoms with E-state index in [0.29, 0.717) is 36.0 Å². The number of carbonyl (C=O) groups is 1. The molecule has 0 atom stereocenters. The molecular weight excluding hydrogens is 384 g/mol. The summed E-state index contributed by atoms with van der Waals surface area (Å²) in [4.78, 5) is 28.3. The van der Waals surface area contributed by atoms with Crippen LogP contribution in [0.15, 0.2) is 23.3 Å². The Bertz CT molecular complexity index is 1120. The Balaban J connectivity index is 1.49. The van der Waals surface area contributed by atoms with E-state index in [9.17, 15) is 9.59 Å². The number of rotatable bonds is 7. The predicted molar refractivity (Wildman–Crippen MR) is 113 cm³/mol. The van der Waals surface area contributed by atoms with E-state index in [1.54, 1.807) is 18.5 Å². The molecule has 0 aliphatic rings. The summed E-state index contributed by atoms with van der Waals surface area (Å²) in [6.45, 7) is 10.2. The van der Waals surface area contributed by atoms with E-state index < -0.39 is 0 Å². The molecule has 0 saturated carbocycles. The van der Waals surface area contributed by atoms with Crippen molar-refractivity contribution in [3.05, 3.63) is 57.0 Å². The van der Waals surface area contributed by atoms with E-state index in [1.807, 2.05) is 32.9 Å². The summed E-state index contributed by atoms with van der Waals surface area (Å²) in [6.07, 6.45) is 1.39. The minimum atomic E-state index is -0.259. The highest BCUT2D eigenvalue weighted by Gasteiger charge is 2.11. The van der Waals surface area contributed by atoms with E-state index in [1.165, 1.54) is 10.9 Å². The molecule has 0 saturated heterocycles. The predicted octanol–water partition coefficient (Wildman–Crippen LogP) is 0.989. The maximum atomic E-state index is 12.1. The minimum absolute atomic E-state index is 0.0660. The zero-order valence-electron chi connectivity index (χ0n) is 17.9. The maximum absolute atomic E-state index is 12.1. The molecule has 3 rings (SSSR count). The van der Waals surface area contributed by atoms with Crippen LogP contribution in [-0.2, 0) is 11.3 Å². The number of aromatic nitrogens is 6. The number of nitrogens with one attached hydrogen (secondary N) is 2. The molecule has 158 valence electrons. The van der Waals surface area contributed by atoms with Crippen LogP contribution in [0.4, 0.5) is 5.82 Å². The highest BCUT2D eigenvalue weighted by atomic mass is 16.2. The summed E-state index contributed by atoms with van der Waals surface area (Å²) in [6, 6.07) is 3.65. The van der Waals surface area contributed by atoms with Gasteiger partial charge in [0.25, 0.3) is 5.56 Å². The lowest BCUT2D eigenvalue weighted by Gasteiger charge is -2.10. The van der Waals surface area contributed by atoms with Crippen molar-refractivity contribution >= 4 is 11.7 Å². The number of carbonyl (C=O) groups excluding carboxylic acids is 1. The van der Waals surface area contributed by atoms with Crippen molar-refractivity contribution in [1.82, 2.24) is 34.8 Å². The summed E-state index contributed by atoms with van der Waals surface area (Å²) in [5.74, 6) is 0.987. The molecule has 10 nitrogen and oxygen atoms in total. The molecule has 30 heavy (non-hydrogen) atoms. The lowest BCUT2D eigenvalue weighted by molar-refractivity contribution is -0.121. The van der Waals surface area contributed by atoms with Gasteiger partial charge in [0.15, 0.2) is 5.82 Å². The highest BCUT2D eigenvalue weighted by molar-refractivity contribution is 5.75. The van der Waals surface area contributed by atoms with Gasteiger partial charge < -0.3 is 10.6 Å². The van der Waals surface area contributed by atoms with Crippen molar-refractivity contribution in [2.24, 2.45) is 0 Å². The largest absolute Gasteiger partial charge is 0.367 e. The van der Waals surface area contributed by atoms with E-state index in [0.717, 1.165) is 17.0 Å². The van der Waals surface area contributed by atoms with Crippen molar-refractivity contribution in [2.45, 2.75) is 41.2 Å². The van der Waals surface area contributed by atoms with Crippen LogP contribution in [-0.4, -0.2) is 48.5 Å². The van der Waals surface area contributed by atoms with Gasteiger partial charge in [0.05, 0.1) is 12.0 Å². The first-order valence-corrected chi connectivity index (χ1v) is 9.68. The van der Waals surface area contributed by atoms with Crippen LogP contribution < -0.4 is 16.2 Å². The van der Waals surface area contributed by atoms with Crippen molar-refractivity contribution in [3.63, 3.8) is 0 Å². The monoisotopic (exact) mass is 410 g/mol. The first kappa shape index (κ1) is 21.2. The summed E-state index contributed by atoms with van der Waals surface area (Å²) < 4.78 is 3.07. The number of aryl methyl sites for hydroxylation is 2. The summed E-state index contributed by atoms with van der Waals surface area (Å²) in [5, 5.41) is 18.7. The second-order valence-electron chi connectivity index (χ2n) is 7.15. The van der Waals surface area contributed by atoms with Gasteiger partial charge in [-0.25, -0.2) is 9.67 Å². The molecule has 3 heterocycles. The van der Waals surface area contributed by atoms with Crippen molar-refractivity contribution in [3.8, 4) is 5.82 Å². The molecule has 0 aliphatic heterocycles. The van der Waals surface area contributed by atoms with Gasteiger partial charge in [-0.1, -0.05) is 0 Å². The highest BCUT2D eigenvalue weighted by Crippen LogP contribution is 2.15. The fraction of sp³-hybridized carbons (Fsp3) is 0.400. The molecule has 0 aromatic carbocycles.